The Kier molecular flexibility index (Phi) is 6.01. The molecule has 2 amide bonds. The average Bonchev–Trinajstić information content (AvgIpc) is 2.67. The summed E-state index contributed by atoms with van der Waals surface area (Å²) in [5, 5.41) is 5.75. The molecule has 1 atom stereocenters. The lowest BCUT2D eigenvalue weighted by Crippen LogP contribution is -2.35. The van der Waals surface area contributed by atoms with Crippen LogP contribution in [0.25, 0.3) is 0 Å². The predicted molar refractivity (Wildman–Crippen MR) is 106 cm³/mol. The van der Waals surface area contributed by atoms with Gasteiger partial charge in [-0.25, -0.2) is 0 Å². The van der Waals surface area contributed by atoms with Gasteiger partial charge in [0, 0.05) is 23.1 Å². The number of ether oxygens (including phenoxy) is 2. The first-order chi connectivity index (χ1) is 13.0. The Hall–Kier alpha value is -2.54. The highest BCUT2D eigenvalue weighted by atomic mass is 79.9. The van der Waals surface area contributed by atoms with Crippen molar-refractivity contribution in [2.45, 2.75) is 18.8 Å². The van der Waals surface area contributed by atoms with E-state index in [1.54, 1.807) is 14.2 Å². The van der Waals surface area contributed by atoms with Gasteiger partial charge in [0.2, 0.25) is 11.8 Å². The highest BCUT2D eigenvalue weighted by Gasteiger charge is 2.30. The van der Waals surface area contributed by atoms with Crippen LogP contribution in [0, 0.1) is 0 Å². The molecule has 0 aliphatic carbocycles. The van der Waals surface area contributed by atoms with E-state index in [9.17, 15) is 9.59 Å². The number of hydrogen-bond acceptors (Lipinski definition) is 4. The van der Waals surface area contributed by atoms with Crippen LogP contribution in [0.5, 0.6) is 11.5 Å². The maximum atomic E-state index is 12.7. The summed E-state index contributed by atoms with van der Waals surface area (Å²) in [7, 11) is 3.17. The first-order valence-electron chi connectivity index (χ1n) is 8.60. The van der Waals surface area contributed by atoms with E-state index in [1.165, 1.54) is 0 Å². The third-order valence-corrected chi connectivity index (χ3v) is 5.30. The number of halogens is 1. The molecule has 7 heteroatoms. The zero-order chi connectivity index (χ0) is 19.4. The Labute approximate surface area is 166 Å². The topological polar surface area (TPSA) is 76.7 Å². The summed E-state index contributed by atoms with van der Waals surface area (Å²) in [6, 6.07) is 11.1. The predicted octanol–water partition coefficient (Wildman–Crippen LogP) is 3.25. The van der Waals surface area contributed by atoms with Crippen molar-refractivity contribution in [3.8, 4) is 11.5 Å². The number of rotatable bonds is 6. The van der Waals surface area contributed by atoms with Crippen molar-refractivity contribution in [3.63, 3.8) is 0 Å². The van der Waals surface area contributed by atoms with Crippen LogP contribution in [0.2, 0.25) is 0 Å². The molecule has 0 aromatic heterocycles. The lowest BCUT2D eigenvalue weighted by Gasteiger charge is -2.24. The molecule has 2 N–H and O–H groups in total. The quantitative estimate of drug-likeness (QED) is 0.734. The van der Waals surface area contributed by atoms with Gasteiger partial charge < -0.3 is 20.1 Å². The molecular weight excluding hydrogens is 412 g/mol. The van der Waals surface area contributed by atoms with E-state index in [1.807, 2.05) is 36.4 Å². The number of benzene rings is 2. The van der Waals surface area contributed by atoms with Gasteiger partial charge in [-0.05, 0) is 35.7 Å². The lowest BCUT2D eigenvalue weighted by molar-refractivity contribution is -0.126. The van der Waals surface area contributed by atoms with E-state index in [0.717, 1.165) is 15.6 Å². The molecule has 2 aromatic rings. The van der Waals surface area contributed by atoms with Crippen molar-refractivity contribution in [1.29, 1.82) is 0 Å². The van der Waals surface area contributed by atoms with Crippen LogP contribution in [-0.2, 0) is 16.0 Å². The molecule has 0 bridgehead atoms. The highest BCUT2D eigenvalue weighted by Crippen LogP contribution is 2.34. The summed E-state index contributed by atoms with van der Waals surface area (Å²) in [4.78, 5) is 24.5. The van der Waals surface area contributed by atoms with Crippen molar-refractivity contribution >= 4 is 33.4 Å². The smallest absolute Gasteiger partial charge is 0.228 e. The number of methoxy groups -OCH3 is 2. The third-order valence-electron chi connectivity index (χ3n) is 4.56. The van der Waals surface area contributed by atoms with Gasteiger partial charge in [-0.15, -0.1) is 0 Å². The number of hydrogen-bond donors (Lipinski definition) is 2. The zero-order valence-electron chi connectivity index (χ0n) is 15.2. The molecular formula is C20H21BrN2O4. The Morgan fingerprint density at radius 3 is 2.67 bits per heavy atom. The minimum atomic E-state index is -0.469. The Bertz CT molecular complexity index is 869. The van der Waals surface area contributed by atoms with Gasteiger partial charge in [-0.3, -0.25) is 9.59 Å². The molecule has 2 aromatic carbocycles. The fraction of sp³-hybridized carbons (Fsp3) is 0.300. The number of anilines is 1. The van der Waals surface area contributed by atoms with Crippen LogP contribution in [0.3, 0.4) is 0 Å². The average molecular weight is 433 g/mol. The van der Waals surface area contributed by atoms with Crippen LogP contribution in [0.15, 0.2) is 40.9 Å². The maximum Gasteiger partial charge on any atom is 0.228 e. The molecule has 3 rings (SSSR count). The first-order valence-corrected chi connectivity index (χ1v) is 9.39. The molecule has 0 saturated heterocycles. The standard InChI is InChI=1S/C20H21BrN2O4/c1-26-17-9-12(15(21)11-18(17)27-2)7-8-22-20(25)14-10-19(24)23-16-6-4-3-5-13(14)16/h3-6,9,11,14H,7-8,10H2,1-2H3,(H,22,25)(H,23,24). The fourth-order valence-corrected chi connectivity index (χ4v) is 3.70. The minimum absolute atomic E-state index is 0.142. The van der Waals surface area contributed by atoms with Crippen LogP contribution >= 0.6 is 15.9 Å². The summed E-state index contributed by atoms with van der Waals surface area (Å²) in [6.07, 6.45) is 0.774. The summed E-state index contributed by atoms with van der Waals surface area (Å²) >= 11 is 3.52. The van der Waals surface area contributed by atoms with Crippen molar-refractivity contribution < 1.29 is 19.1 Å². The fourth-order valence-electron chi connectivity index (χ4n) is 3.18. The van der Waals surface area contributed by atoms with E-state index < -0.39 is 5.92 Å². The maximum absolute atomic E-state index is 12.7. The van der Waals surface area contributed by atoms with Gasteiger partial charge >= 0.3 is 0 Å². The Morgan fingerprint density at radius 1 is 1.22 bits per heavy atom. The summed E-state index contributed by atoms with van der Waals surface area (Å²) < 4.78 is 11.5. The minimum Gasteiger partial charge on any atom is -0.493 e. The zero-order valence-corrected chi connectivity index (χ0v) is 16.8. The van der Waals surface area contributed by atoms with E-state index in [0.29, 0.717) is 30.2 Å². The number of amides is 2. The molecule has 0 radical (unpaired) electrons. The van der Waals surface area contributed by atoms with Crippen molar-refractivity contribution in [2.24, 2.45) is 0 Å². The number of carbonyl (C=O) groups excluding carboxylic acids is 2. The number of para-hydroxylation sites is 1. The Balaban J connectivity index is 1.66. The monoisotopic (exact) mass is 432 g/mol. The van der Waals surface area contributed by atoms with Gasteiger partial charge in [0.1, 0.15) is 0 Å². The van der Waals surface area contributed by atoms with Crippen molar-refractivity contribution in [2.75, 3.05) is 26.1 Å². The van der Waals surface area contributed by atoms with E-state index >= 15 is 0 Å². The molecule has 0 spiro atoms. The molecule has 1 unspecified atom stereocenters. The van der Waals surface area contributed by atoms with E-state index in [2.05, 4.69) is 26.6 Å². The number of fused-ring (bicyclic) bond motifs is 1. The first kappa shape index (κ1) is 19.2. The van der Waals surface area contributed by atoms with Crippen LogP contribution in [0.1, 0.15) is 23.5 Å². The third kappa shape index (κ3) is 4.24. The van der Waals surface area contributed by atoms with E-state index in [4.69, 9.17) is 9.47 Å². The number of carbonyl (C=O) groups is 2. The van der Waals surface area contributed by atoms with Crippen molar-refractivity contribution in [3.05, 3.63) is 52.0 Å². The number of nitrogens with one attached hydrogen (secondary N) is 2. The van der Waals surface area contributed by atoms with Gasteiger partial charge in [0.05, 0.1) is 20.1 Å². The molecule has 0 fully saturated rings. The molecule has 1 aliphatic rings. The normalized spacial score (nSPS) is 15.5. The van der Waals surface area contributed by atoms with Crippen LogP contribution < -0.4 is 20.1 Å². The van der Waals surface area contributed by atoms with Gasteiger partial charge in [-0.1, -0.05) is 34.1 Å². The molecule has 27 heavy (non-hydrogen) atoms. The van der Waals surface area contributed by atoms with Crippen LogP contribution in [0.4, 0.5) is 5.69 Å². The molecule has 0 saturated carbocycles. The molecule has 1 heterocycles. The second kappa shape index (κ2) is 8.43. The summed E-state index contributed by atoms with van der Waals surface area (Å²) in [5.74, 6) is 0.524. The SMILES string of the molecule is COc1cc(Br)c(CCNC(=O)C2CC(=O)Nc3ccccc32)cc1OC. The van der Waals surface area contributed by atoms with Crippen LogP contribution in [-0.4, -0.2) is 32.6 Å². The molecule has 6 nitrogen and oxygen atoms in total. The van der Waals surface area contributed by atoms with Gasteiger partial charge in [-0.2, -0.15) is 0 Å². The summed E-state index contributed by atoms with van der Waals surface area (Å²) in [6.45, 7) is 0.452. The second-order valence-corrected chi connectivity index (χ2v) is 7.09. The highest BCUT2D eigenvalue weighted by molar-refractivity contribution is 9.10. The van der Waals surface area contributed by atoms with Crippen molar-refractivity contribution in [1.82, 2.24) is 5.32 Å². The van der Waals surface area contributed by atoms with Gasteiger partial charge in [0.25, 0.3) is 0 Å². The Morgan fingerprint density at radius 2 is 1.93 bits per heavy atom. The van der Waals surface area contributed by atoms with Gasteiger partial charge in [0.15, 0.2) is 11.5 Å². The largest absolute Gasteiger partial charge is 0.493 e. The molecule has 1 aliphatic heterocycles. The molecule has 142 valence electrons. The van der Waals surface area contributed by atoms with E-state index in [-0.39, 0.29) is 18.2 Å². The lowest BCUT2D eigenvalue weighted by atomic mass is 9.90. The summed E-state index contributed by atoms with van der Waals surface area (Å²) in [5.41, 5.74) is 2.55. The second-order valence-electron chi connectivity index (χ2n) is 6.23.